The second-order valence-corrected chi connectivity index (χ2v) is 4.91. The summed E-state index contributed by atoms with van der Waals surface area (Å²) in [5.74, 6) is 0.766. The Kier molecular flexibility index (Phi) is 3.44. The van der Waals surface area contributed by atoms with Gasteiger partial charge in [0.1, 0.15) is 12.4 Å². The zero-order valence-electron chi connectivity index (χ0n) is 10.7. The Morgan fingerprint density at radius 2 is 2.00 bits per heavy atom. The molecular weight excluding hydrogens is 272 g/mol. The zero-order valence-corrected chi connectivity index (χ0v) is 11.5. The molecule has 0 aliphatic rings. The minimum atomic E-state index is 0.453. The van der Waals surface area contributed by atoms with Crippen LogP contribution >= 0.6 is 11.6 Å². The van der Waals surface area contributed by atoms with E-state index in [0.717, 1.165) is 22.2 Å². The van der Waals surface area contributed by atoms with E-state index in [0.29, 0.717) is 17.3 Å². The molecule has 100 valence electrons. The highest BCUT2D eigenvalue weighted by atomic mass is 35.5. The number of hydrogen-bond acceptors (Lipinski definition) is 3. The van der Waals surface area contributed by atoms with E-state index in [4.69, 9.17) is 22.1 Å². The molecule has 0 bridgehead atoms. The lowest BCUT2D eigenvalue weighted by Crippen LogP contribution is -1.97. The maximum Gasteiger partial charge on any atom is 0.129 e. The van der Waals surface area contributed by atoms with Crippen molar-refractivity contribution in [2.24, 2.45) is 0 Å². The zero-order chi connectivity index (χ0) is 13.9. The van der Waals surface area contributed by atoms with Crippen molar-refractivity contribution in [1.29, 1.82) is 0 Å². The van der Waals surface area contributed by atoms with E-state index in [1.807, 2.05) is 48.5 Å². The van der Waals surface area contributed by atoms with Crippen molar-refractivity contribution < 1.29 is 4.74 Å². The van der Waals surface area contributed by atoms with E-state index in [-0.39, 0.29) is 0 Å². The highest BCUT2D eigenvalue weighted by Gasteiger charge is 2.06. The summed E-state index contributed by atoms with van der Waals surface area (Å²) in [6.07, 6.45) is 1.72. The van der Waals surface area contributed by atoms with E-state index in [9.17, 15) is 0 Å². The van der Waals surface area contributed by atoms with E-state index in [1.54, 1.807) is 6.20 Å². The topological polar surface area (TPSA) is 48.1 Å². The molecule has 3 nitrogen and oxygen atoms in total. The van der Waals surface area contributed by atoms with Gasteiger partial charge >= 0.3 is 0 Å². The number of hydrogen-bond donors (Lipinski definition) is 1. The minimum absolute atomic E-state index is 0.453. The molecule has 20 heavy (non-hydrogen) atoms. The molecular formula is C16H13ClN2O. The lowest BCUT2D eigenvalue weighted by molar-refractivity contribution is 0.310. The van der Waals surface area contributed by atoms with Gasteiger partial charge < -0.3 is 10.5 Å². The van der Waals surface area contributed by atoms with Gasteiger partial charge in [0.2, 0.25) is 0 Å². The first-order valence-electron chi connectivity index (χ1n) is 6.24. The van der Waals surface area contributed by atoms with Gasteiger partial charge in [-0.15, -0.1) is 0 Å². The number of rotatable bonds is 3. The fourth-order valence-electron chi connectivity index (χ4n) is 2.08. The summed E-state index contributed by atoms with van der Waals surface area (Å²) < 4.78 is 5.86. The fourth-order valence-corrected chi connectivity index (χ4v) is 2.29. The number of aromatic nitrogens is 1. The summed E-state index contributed by atoms with van der Waals surface area (Å²) in [4.78, 5) is 4.28. The number of nitrogens with two attached hydrogens (primary N) is 1. The second-order valence-electron chi connectivity index (χ2n) is 4.47. The predicted molar refractivity (Wildman–Crippen MR) is 81.9 cm³/mol. The molecule has 4 heteroatoms. The van der Waals surface area contributed by atoms with Crippen molar-refractivity contribution in [2.75, 3.05) is 5.73 Å². The van der Waals surface area contributed by atoms with Crippen LogP contribution in [0.2, 0.25) is 5.02 Å². The first-order valence-corrected chi connectivity index (χ1v) is 6.62. The Morgan fingerprint density at radius 3 is 2.85 bits per heavy atom. The molecule has 0 amide bonds. The molecule has 0 saturated carbocycles. The summed E-state index contributed by atoms with van der Waals surface area (Å²) >= 11 is 5.96. The number of nitrogens with zero attached hydrogens (tertiary/aromatic N) is 1. The summed E-state index contributed by atoms with van der Waals surface area (Å²) in [7, 11) is 0. The molecule has 0 atom stereocenters. The van der Waals surface area contributed by atoms with Crippen LogP contribution in [0.15, 0.2) is 54.7 Å². The van der Waals surface area contributed by atoms with Crippen molar-refractivity contribution in [3.8, 4) is 5.75 Å². The Morgan fingerprint density at radius 1 is 1.10 bits per heavy atom. The standard InChI is InChI=1S/C16H13ClN2O/c17-12-4-1-3-11(9-12)10-20-15-7-6-14(18)16-13(15)5-2-8-19-16/h1-9H,10,18H2. The summed E-state index contributed by atoms with van der Waals surface area (Å²) in [5.41, 5.74) is 8.35. The highest BCUT2D eigenvalue weighted by molar-refractivity contribution is 6.30. The molecule has 3 aromatic rings. The Bertz CT molecular complexity index is 758. The number of benzene rings is 2. The van der Waals surface area contributed by atoms with Crippen LogP contribution in [-0.2, 0) is 6.61 Å². The van der Waals surface area contributed by atoms with Crippen LogP contribution < -0.4 is 10.5 Å². The molecule has 0 unspecified atom stereocenters. The van der Waals surface area contributed by atoms with E-state index >= 15 is 0 Å². The largest absolute Gasteiger partial charge is 0.488 e. The molecule has 2 aromatic carbocycles. The van der Waals surface area contributed by atoms with Crippen molar-refractivity contribution in [3.63, 3.8) is 0 Å². The molecule has 0 spiro atoms. The third-order valence-electron chi connectivity index (χ3n) is 3.04. The molecule has 0 radical (unpaired) electrons. The van der Waals surface area contributed by atoms with E-state index in [1.165, 1.54) is 0 Å². The first kappa shape index (κ1) is 12.8. The van der Waals surface area contributed by atoms with Crippen LogP contribution in [0.4, 0.5) is 5.69 Å². The predicted octanol–water partition coefficient (Wildman–Crippen LogP) is 4.05. The average Bonchev–Trinajstić information content (AvgIpc) is 2.47. The number of ether oxygens (including phenoxy) is 1. The van der Waals surface area contributed by atoms with Gasteiger partial charge in [0, 0.05) is 16.6 Å². The second kappa shape index (κ2) is 5.39. The molecule has 0 fully saturated rings. The summed E-state index contributed by atoms with van der Waals surface area (Å²) in [6.45, 7) is 0.453. The van der Waals surface area contributed by atoms with Gasteiger partial charge in [-0.1, -0.05) is 23.7 Å². The van der Waals surface area contributed by atoms with Crippen LogP contribution in [-0.4, -0.2) is 4.98 Å². The third kappa shape index (κ3) is 2.53. The average molecular weight is 285 g/mol. The van der Waals surface area contributed by atoms with E-state index in [2.05, 4.69) is 4.98 Å². The minimum Gasteiger partial charge on any atom is -0.488 e. The van der Waals surface area contributed by atoms with Gasteiger partial charge in [-0.05, 0) is 42.0 Å². The first-order chi connectivity index (χ1) is 9.74. The van der Waals surface area contributed by atoms with Crippen LogP contribution in [0.25, 0.3) is 10.9 Å². The molecule has 3 rings (SSSR count). The van der Waals surface area contributed by atoms with Crippen LogP contribution in [0.1, 0.15) is 5.56 Å². The molecule has 2 N–H and O–H groups in total. The van der Waals surface area contributed by atoms with Gasteiger partial charge in [-0.2, -0.15) is 0 Å². The van der Waals surface area contributed by atoms with Gasteiger partial charge in [-0.3, -0.25) is 4.98 Å². The van der Waals surface area contributed by atoms with Gasteiger partial charge in [0.05, 0.1) is 11.2 Å². The fraction of sp³-hybridized carbons (Fsp3) is 0.0625. The third-order valence-corrected chi connectivity index (χ3v) is 3.28. The van der Waals surface area contributed by atoms with Crippen LogP contribution in [0, 0.1) is 0 Å². The normalized spacial score (nSPS) is 10.7. The van der Waals surface area contributed by atoms with Crippen molar-refractivity contribution >= 4 is 28.2 Å². The number of fused-ring (bicyclic) bond motifs is 1. The Balaban J connectivity index is 1.90. The number of anilines is 1. The van der Waals surface area contributed by atoms with Gasteiger partial charge in [0.25, 0.3) is 0 Å². The summed E-state index contributed by atoms with van der Waals surface area (Å²) in [5, 5.41) is 1.62. The van der Waals surface area contributed by atoms with E-state index < -0.39 is 0 Å². The molecule has 0 saturated heterocycles. The smallest absolute Gasteiger partial charge is 0.129 e. The van der Waals surface area contributed by atoms with Gasteiger partial charge in [0.15, 0.2) is 0 Å². The number of pyridine rings is 1. The highest BCUT2D eigenvalue weighted by Crippen LogP contribution is 2.29. The van der Waals surface area contributed by atoms with Crippen LogP contribution in [0.3, 0.4) is 0 Å². The van der Waals surface area contributed by atoms with Crippen molar-refractivity contribution in [2.45, 2.75) is 6.61 Å². The molecule has 0 aliphatic heterocycles. The number of nitrogen functional groups attached to an aromatic ring is 1. The van der Waals surface area contributed by atoms with Crippen molar-refractivity contribution in [1.82, 2.24) is 4.98 Å². The quantitative estimate of drug-likeness (QED) is 0.738. The lowest BCUT2D eigenvalue weighted by Gasteiger charge is -2.10. The molecule has 1 aromatic heterocycles. The van der Waals surface area contributed by atoms with Crippen LogP contribution in [0.5, 0.6) is 5.75 Å². The number of halogens is 1. The monoisotopic (exact) mass is 284 g/mol. The summed E-state index contributed by atoms with van der Waals surface area (Å²) in [6, 6.07) is 15.1. The maximum atomic E-state index is 5.96. The molecule has 0 aliphatic carbocycles. The lowest BCUT2D eigenvalue weighted by atomic mass is 10.1. The Labute approximate surface area is 122 Å². The Hall–Kier alpha value is -2.26. The van der Waals surface area contributed by atoms with Crippen molar-refractivity contribution in [3.05, 3.63) is 65.3 Å². The SMILES string of the molecule is Nc1ccc(OCc2cccc(Cl)c2)c2cccnc12. The molecule has 1 heterocycles. The maximum absolute atomic E-state index is 5.96. The van der Waals surface area contributed by atoms with Gasteiger partial charge in [-0.25, -0.2) is 0 Å².